The van der Waals surface area contributed by atoms with Gasteiger partial charge in [0.25, 0.3) is 0 Å². The van der Waals surface area contributed by atoms with Crippen molar-refractivity contribution in [2.75, 3.05) is 19.7 Å². The molecule has 0 spiro atoms. The van der Waals surface area contributed by atoms with Crippen molar-refractivity contribution in [1.29, 1.82) is 0 Å². The van der Waals surface area contributed by atoms with Crippen LogP contribution in [0.3, 0.4) is 0 Å². The van der Waals surface area contributed by atoms with Crippen LogP contribution in [0.4, 0.5) is 4.39 Å². The highest BCUT2D eigenvalue weighted by Crippen LogP contribution is 2.31. The van der Waals surface area contributed by atoms with Gasteiger partial charge >= 0.3 is 0 Å². The lowest BCUT2D eigenvalue weighted by molar-refractivity contribution is 0.331. The molecule has 0 saturated carbocycles. The maximum atomic E-state index is 13.3. The third-order valence-electron chi connectivity index (χ3n) is 3.16. The van der Waals surface area contributed by atoms with Crippen LogP contribution in [0.1, 0.15) is 31.7 Å². The summed E-state index contributed by atoms with van der Waals surface area (Å²) in [5.41, 5.74) is 12.2. The summed E-state index contributed by atoms with van der Waals surface area (Å²) in [6, 6.07) is 4.65. The van der Waals surface area contributed by atoms with Crippen molar-refractivity contribution in [3.05, 3.63) is 29.6 Å². The van der Waals surface area contributed by atoms with Gasteiger partial charge in [0.15, 0.2) is 0 Å². The van der Waals surface area contributed by atoms with Crippen molar-refractivity contribution in [1.82, 2.24) is 0 Å². The fraction of sp³-hybridized carbons (Fsp3) is 0.571. The second-order valence-electron chi connectivity index (χ2n) is 4.59. The Morgan fingerprint density at radius 3 is 2.50 bits per heavy atom. The smallest absolute Gasteiger partial charge is 0.123 e. The number of rotatable bonds is 7. The standard InChI is InChI=1S/C14H23FN2O/c1-3-18-14-5-4-12(15)7-13(14)10(2)6-11(8-16)9-17/h4-5,7,10-11H,3,6,8-9,16-17H2,1-2H3. The largest absolute Gasteiger partial charge is 0.494 e. The third kappa shape index (κ3) is 3.96. The fourth-order valence-corrected chi connectivity index (χ4v) is 2.11. The lowest BCUT2D eigenvalue weighted by Gasteiger charge is -2.20. The highest BCUT2D eigenvalue weighted by atomic mass is 19.1. The quantitative estimate of drug-likeness (QED) is 0.784. The minimum Gasteiger partial charge on any atom is -0.494 e. The van der Waals surface area contributed by atoms with Crippen LogP contribution in [-0.2, 0) is 0 Å². The first-order valence-electron chi connectivity index (χ1n) is 6.44. The molecule has 4 N–H and O–H groups in total. The molecule has 3 nitrogen and oxygen atoms in total. The summed E-state index contributed by atoms with van der Waals surface area (Å²) in [7, 11) is 0. The molecule has 0 bridgehead atoms. The zero-order chi connectivity index (χ0) is 13.5. The van der Waals surface area contributed by atoms with Crippen LogP contribution >= 0.6 is 0 Å². The van der Waals surface area contributed by atoms with Crippen LogP contribution in [0, 0.1) is 11.7 Å². The van der Waals surface area contributed by atoms with Gasteiger partial charge in [0.05, 0.1) is 6.61 Å². The monoisotopic (exact) mass is 254 g/mol. The van der Waals surface area contributed by atoms with E-state index in [1.165, 1.54) is 6.07 Å². The molecule has 102 valence electrons. The average Bonchev–Trinajstić information content (AvgIpc) is 2.38. The molecule has 4 heteroatoms. The Morgan fingerprint density at radius 1 is 1.28 bits per heavy atom. The lowest BCUT2D eigenvalue weighted by atomic mass is 9.89. The molecule has 18 heavy (non-hydrogen) atoms. The topological polar surface area (TPSA) is 61.3 Å². The summed E-state index contributed by atoms with van der Waals surface area (Å²) in [5.74, 6) is 0.952. The molecule has 0 radical (unpaired) electrons. The lowest BCUT2D eigenvalue weighted by Crippen LogP contribution is -2.24. The first kappa shape index (κ1) is 14.9. The molecule has 0 heterocycles. The number of hydrogen-bond acceptors (Lipinski definition) is 3. The van der Waals surface area contributed by atoms with Gasteiger partial charge in [0.2, 0.25) is 0 Å². The Kier molecular flexibility index (Phi) is 6.09. The van der Waals surface area contributed by atoms with Crippen LogP contribution in [0.25, 0.3) is 0 Å². The summed E-state index contributed by atoms with van der Waals surface area (Å²) in [4.78, 5) is 0. The molecular formula is C14H23FN2O. The summed E-state index contributed by atoms with van der Waals surface area (Å²) in [6.45, 7) is 5.65. The van der Waals surface area contributed by atoms with E-state index in [0.29, 0.717) is 19.7 Å². The summed E-state index contributed by atoms with van der Waals surface area (Å²) in [5, 5.41) is 0. The van der Waals surface area contributed by atoms with E-state index in [0.717, 1.165) is 17.7 Å². The zero-order valence-electron chi connectivity index (χ0n) is 11.2. The Balaban J connectivity index is 2.88. The first-order valence-corrected chi connectivity index (χ1v) is 6.44. The van der Waals surface area contributed by atoms with Crippen LogP contribution in [0.15, 0.2) is 18.2 Å². The molecular weight excluding hydrogens is 231 g/mol. The second kappa shape index (κ2) is 7.34. The zero-order valence-corrected chi connectivity index (χ0v) is 11.2. The number of hydrogen-bond donors (Lipinski definition) is 2. The van der Waals surface area contributed by atoms with E-state index in [1.54, 1.807) is 12.1 Å². The Hall–Kier alpha value is -1.13. The maximum absolute atomic E-state index is 13.3. The van der Waals surface area contributed by atoms with Crippen LogP contribution < -0.4 is 16.2 Å². The normalized spacial score (nSPS) is 12.8. The van der Waals surface area contributed by atoms with Gasteiger partial charge in [-0.3, -0.25) is 0 Å². The van der Waals surface area contributed by atoms with Crippen molar-refractivity contribution in [2.45, 2.75) is 26.2 Å². The number of ether oxygens (including phenoxy) is 1. The van der Waals surface area contributed by atoms with Gasteiger partial charge < -0.3 is 16.2 Å². The fourth-order valence-electron chi connectivity index (χ4n) is 2.11. The summed E-state index contributed by atoms with van der Waals surface area (Å²) >= 11 is 0. The van der Waals surface area contributed by atoms with Gasteiger partial charge in [-0.1, -0.05) is 6.92 Å². The van der Waals surface area contributed by atoms with Crippen molar-refractivity contribution < 1.29 is 9.13 Å². The second-order valence-corrected chi connectivity index (χ2v) is 4.59. The van der Waals surface area contributed by atoms with E-state index in [1.807, 2.05) is 6.92 Å². The van der Waals surface area contributed by atoms with Gasteiger partial charge in [-0.2, -0.15) is 0 Å². The molecule has 0 aromatic heterocycles. The summed E-state index contributed by atoms with van der Waals surface area (Å²) < 4.78 is 18.9. The molecule has 0 saturated heterocycles. The highest BCUT2D eigenvalue weighted by Gasteiger charge is 2.16. The summed E-state index contributed by atoms with van der Waals surface area (Å²) in [6.07, 6.45) is 0.844. The minimum atomic E-state index is -0.239. The van der Waals surface area contributed by atoms with E-state index in [-0.39, 0.29) is 17.7 Å². The Labute approximate surface area is 108 Å². The molecule has 1 aromatic rings. The van der Waals surface area contributed by atoms with Gasteiger partial charge in [-0.15, -0.1) is 0 Å². The van der Waals surface area contributed by atoms with Gasteiger partial charge in [0, 0.05) is 0 Å². The van der Waals surface area contributed by atoms with Crippen molar-refractivity contribution >= 4 is 0 Å². The molecule has 0 fully saturated rings. The number of benzene rings is 1. The number of nitrogens with two attached hydrogens (primary N) is 2. The third-order valence-corrected chi connectivity index (χ3v) is 3.16. The molecule has 0 amide bonds. The SMILES string of the molecule is CCOc1ccc(F)cc1C(C)CC(CN)CN. The van der Waals surface area contributed by atoms with Crippen LogP contribution in [0.2, 0.25) is 0 Å². The van der Waals surface area contributed by atoms with Gasteiger partial charge in [0.1, 0.15) is 11.6 Å². The Bertz CT molecular complexity index is 367. The molecule has 0 aliphatic rings. The van der Waals surface area contributed by atoms with Crippen molar-refractivity contribution in [2.24, 2.45) is 17.4 Å². The highest BCUT2D eigenvalue weighted by molar-refractivity contribution is 5.36. The predicted octanol–water partition coefficient (Wildman–Crippen LogP) is 2.25. The first-order chi connectivity index (χ1) is 8.62. The van der Waals surface area contributed by atoms with Crippen LogP contribution in [0.5, 0.6) is 5.75 Å². The van der Waals surface area contributed by atoms with Gasteiger partial charge in [-0.25, -0.2) is 4.39 Å². The van der Waals surface area contributed by atoms with E-state index >= 15 is 0 Å². The van der Waals surface area contributed by atoms with Crippen LogP contribution in [-0.4, -0.2) is 19.7 Å². The van der Waals surface area contributed by atoms with Crippen molar-refractivity contribution in [3.63, 3.8) is 0 Å². The Morgan fingerprint density at radius 2 is 1.94 bits per heavy atom. The van der Waals surface area contributed by atoms with E-state index in [9.17, 15) is 4.39 Å². The van der Waals surface area contributed by atoms with Crippen molar-refractivity contribution in [3.8, 4) is 5.75 Å². The van der Waals surface area contributed by atoms with E-state index in [4.69, 9.17) is 16.2 Å². The van der Waals surface area contributed by atoms with Gasteiger partial charge in [-0.05, 0) is 62.0 Å². The molecule has 0 aliphatic heterocycles. The maximum Gasteiger partial charge on any atom is 0.123 e. The molecule has 0 aliphatic carbocycles. The molecule has 1 rings (SSSR count). The molecule has 1 atom stereocenters. The average molecular weight is 254 g/mol. The molecule has 1 aromatic carbocycles. The minimum absolute atomic E-state index is 0.180. The predicted molar refractivity (Wildman–Crippen MR) is 72.2 cm³/mol. The molecule has 1 unspecified atom stereocenters. The number of halogens is 1. The van der Waals surface area contributed by atoms with E-state index in [2.05, 4.69) is 6.92 Å². The van der Waals surface area contributed by atoms with E-state index < -0.39 is 0 Å².